The molecular formula is C14H18O3. The number of carbonyl (C=O) groups excluding carboxylic acids is 1. The van der Waals surface area contributed by atoms with Crippen LogP contribution in [0.2, 0.25) is 0 Å². The van der Waals surface area contributed by atoms with Crippen LogP contribution in [0.15, 0.2) is 30.3 Å². The molecule has 0 aliphatic heterocycles. The van der Waals surface area contributed by atoms with Crippen molar-refractivity contribution in [2.45, 2.75) is 26.7 Å². The van der Waals surface area contributed by atoms with Crippen LogP contribution in [0, 0.1) is 11.8 Å². The van der Waals surface area contributed by atoms with Gasteiger partial charge in [-0.3, -0.25) is 9.59 Å². The van der Waals surface area contributed by atoms with Crippen LogP contribution in [0.3, 0.4) is 0 Å². The van der Waals surface area contributed by atoms with E-state index in [-0.39, 0.29) is 18.1 Å². The molecule has 0 spiro atoms. The molecule has 92 valence electrons. The van der Waals surface area contributed by atoms with Crippen molar-refractivity contribution in [2.75, 3.05) is 0 Å². The standard InChI is InChI=1S/C14H18O3/c1-10(2)8-12(14(16)17)9-13(15)11-6-4-3-5-7-11/h3-7,10,12H,8-9H2,1-2H3,(H,16,17). The summed E-state index contributed by atoms with van der Waals surface area (Å²) < 4.78 is 0. The number of carboxylic acids is 1. The van der Waals surface area contributed by atoms with Crippen molar-refractivity contribution in [3.8, 4) is 0 Å². The van der Waals surface area contributed by atoms with E-state index in [0.717, 1.165) is 0 Å². The van der Waals surface area contributed by atoms with Crippen LogP contribution in [0.4, 0.5) is 0 Å². The van der Waals surface area contributed by atoms with Gasteiger partial charge in [-0.2, -0.15) is 0 Å². The molecule has 1 N–H and O–H groups in total. The molecule has 0 aliphatic carbocycles. The van der Waals surface area contributed by atoms with Gasteiger partial charge >= 0.3 is 5.97 Å². The number of ketones is 1. The summed E-state index contributed by atoms with van der Waals surface area (Å²) >= 11 is 0. The lowest BCUT2D eigenvalue weighted by Gasteiger charge is -2.13. The molecule has 17 heavy (non-hydrogen) atoms. The summed E-state index contributed by atoms with van der Waals surface area (Å²) in [6.45, 7) is 3.92. The van der Waals surface area contributed by atoms with Crippen molar-refractivity contribution in [1.29, 1.82) is 0 Å². The van der Waals surface area contributed by atoms with Gasteiger partial charge in [0.05, 0.1) is 5.92 Å². The van der Waals surface area contributed by atoms with Crippen molar-refractivity contribution < 1.29 is 14.7 Å². The molecule has 0 heterocycles. The van der Waals surface area contributed by atoms with Crippen LogP contribution in [0.25, 0.3) is 0 Å². The molecule has 3 nitrogen and oxygen atoms in total. The van der Waals surface area contributed by atoms with Gasteiger partial charge in [-0.05, 0) is 12.3 Å². The zero-order valence-corrected chi connectivity index (χ0v) is 10.2. The summed E-state index contributed by atoms with van der Waals surface area (Å²) in [4.78, 5) is 22.9. The van der Waals surface area contributed by atoms with E-state index in [4.69, 9.17) is 5.11 Å². The number of hydrogen-bond donors (Lipinski definition) is 1. The quantitative estimate of drug-likeness (QED) is 0.770. The summed E-state index contributed by atoms with van der Waals surface area (Å²) in [6.07, 6.45) is 0.617. The Balaban J connectivity index is 2.68. The third-order valence-electron chi connectivity index (χ3n) is 2.63. The predicted octanol–water partition coefficient (Wildman–Crippen LogP) is 3.01. The molecule has 0 amide bonds. The molecule has 1 aromatic rings. The molecule has 1 rings (SSSR count). The molecule has 3 heteroatoms. The zero-order chi connectivity index (χ0) is 12.8. The van der Waals surface area contributed by atoms with Gasteiger partial charge in [0, 0.05) is 12.0 Å². The Morgan fingerprint density at radius 1 is 1.18 bits per heavy atom. The fourth-order valence-electron chi connectivity index (χ4n) is 1.81. The van der Waals surface area contributed by atoms with E-state index in [9.17, 15) is 9.59 Å². The van der Waals surface area contributed by atoms with E-state index in [0.29, 0.717) is 12.0 Å². The maximum Gasteiger partial charge on any atom is 0.306 e. The fourth-order valence-corrected chi connectivity index (χ4v) is 1.81. The van der Waals surface area contributed by atoms with Crippen LogP contribution >= 0.6 is 0 Å². The summed E-state index contributed by atoms with van der Waals surface area (Å²) in [5, 5.41) is 9.07. The lowest BCUT2D eigenvalue weighted by molar-refractivity contribution is -0.142. The van der Waals surface area contributed by atoms with Gasteiger partial charge < -0.3 is 5.11 Å². The molecule has 0 saturated carbocycles. The Bertz CT molecular complexity index is 382. The van der Waals surface area contributed by atoms with Crippen molar-refractivity contribution in [3.05, 3.63) is 35.9 Å². The van der Waals surface area contributed by atoms with Gasteiger partial charge in [0.25, 0.3) is 0 Å². The lowest BCUT2D eigenvalue weighted by Crippen LogP contribution is -2.20. The smallest absolute Gasteiger partial charge is 0.306 e. The number of hydrogen-bond acceptors (Lipinski definition) is 2. The molecule has 0 aromatic heterocycles. The van der Waals surface area contributed by atoms with Gasteiger partial charge in [-0.25, -0.2) is 0 Å². The molecular weight excluding hydrogens is 216 g/mol. The lowest BCUT2D eigenvalue weighted by atomic mass is 9.91. The molecule has 0 bridgehead atoms. The third kappa shape index (κ3) is 4.39. The van der Waals surface area contributed by atoms with Crippen LogP contribution in [0.5, 0.6) is 0 Å². The minimum atomic E-state index is -0.886. The van der Waals surface area contributed by atoms with Crippen LogP contribution in [-0.2, 0) is 4.79 Å². The Morgan fingerprint density at radius 3 is 2.24 bits per heavy atom. The molecule has 1 atom stereocenters. The minimum Gasteiger partial charge on any atom is -0.481 e. The van der Waals surface area contributed by atoms with Gasteiger partial charge in [-0.15, -0.1) is 0 Å². The highest BCUT2D eigenvalue weighted by molar-refractivity contribution is 5.97. The average molecular weight is 234 g/mol. The first kappa shape index (κ1) is 13.4. The van der Waals surface area contributed by atoms with Crippen molar-refractivity contribution in [1.82, 2.24) is 0 Å². The second kappa shape index (κ2) is 6.18. The topological polar surface area (TPSA) is 54.4 Å². The summed E-state index contributed by atoms with van der Waals surface area (Å²) in [5.74, 6) is -1.29. The third-order valence-corrected chi connectivity index (χ3v) is 2.63. The van der Waals surface area contributed by atoms with Gasteiger partial charge in [0.2, 0.25) is 0 Å². The first-order valence-electron chi connectivity index (χ1n) is 5.81. The maximum atomic E-state index is 11.9. The number of carbonyl (C=O) groups is 2. The van der Waals surface area contributed by atoms with E-state index < -0.39 is 11.9 Å². The van der Waals surface area contributed by atoms with E-state index in [1.165, 1.54) is 0 Å². The molecule has 0 saturated heterocycles. The normalized spacial score (nSPS) is 12.4. The first-order valence-corrected chi connectivity index (χ1v) is 5.81. The van der Waals surface area contributed by atoms with Crippen LogP contribution < -0.4 is 0 Å². The van der Waals surface area contributed by atoms with Crippen LogP contribution in [0.1, 0.15) is 37.0 Å². The average Bonchev–Trinajstić information content (AvgIpc) is 2.28. The van der Waals surface area contributed by atoms with E-state index in [2.05, 4.69) is 0 Å². The number of Topliss-reactive ketones (excluding diaryl/α,β-unsaturated/α-hetero) is 1. The summed E-state index contributed by atoms with van der Waals surface area (Å²) in [6, 6.07) is 8.84. The maximum absolute atomic E-state index is 11.9. The number of benzene rings is 1. The highest BCUT2D eigenvalue weighted by atomic mass is 16.4. The molecule has 1 unspecified atom stereocenters. The predicted molar refractivity (Wildman–Crippen MR) is 66.0 cm³/mol. The summed E-state index contributed by atoms with van der Waals surface area (Å²) in [5.41, 5.74) is 0.586. The van der Waals surface area contributed by atoms with E-state index in [1.54, 1.807) is 24.3 Å². The highest BCUT2D eigenvalue weighted by Crippen LogP contribution is 2.18. The van der Waals surface area contributed by atoms with Crippen molar-refractivity contribution >= 4 is 11.8 Å². The van der Waals surface area contributed by atoms with E-state index in [1.807, 2.05) is 19.9 Å². The largest absolute Gasteiger partial charge is 0.481 e. The molecule has 1 aromatic carbocycles. The van der Waals surface area contributed by atoms with Gasteiger partial charge in [0.1, 0.15) is 0 Å². The second-order valence-corrected chi connectivity index (χ2v) is 4.66. The molecule has 0 fully saturated rings. The summed E-state index contributed by atoms with van der Waals surface area (Å²) in [7, 11) is 0. The minimum absolute atomic E-state index is 0.0809. The monoisotopic (exact) mass is 234 g/mol. The number of aliphatic carboxylic acids is 1. The first-order chi connectivity index (χ1) is 8.00. The Hall–Kier alpha value is -1.64. The fraction of sp³-hybridized carbons (Fsp3) is 0.429. The Labute approximate surface area is 101 Å². The highest BCUT2D eigenvalue weighted by Gasteiger charge is 2.22. The molecule has 0 aliphatic rings. The second-order valence-electron chi connectivity index (χ2n) is 4.66. The molecule has 0 radical (unpaired) electrons. The number of rotatable bonds is 6. The zero-order valence-electron chi connectivity index (χ0n) is 10.2. The SMILES string of the molecule is CC(C)CC(CC(=O)c1ccccc1)C(=O)O. The Kier molecular flexibility index (Phi) is 4.88. The number of carboxylic acid groups (broad SMARTS) is 1. The van der Waals surface area contributed by atoms with Crippen LogP contribution in [-0.4, -0.2) is 16.9 Å². The van der Waals surface area contributed by atoms with Gasteiger partial charge in [-0.1, -0.05) is 44.2 Å². The van der Waals surface area contributed by atoms with Crippen molar-refractivity contribution in [2.24, 2.45) is 11.8 Å². The van der Waals surface area contributed by atoms with E-state index >= 15 is 0 Å². The van der Waals surface area contributed by atoms with Crippen molar-refractivity contribution in [3.63, 3.8) is 0 Å². The van der Waals surface area contributed by atoms with Gasteiger partial charge in [0.15, 0.2) is 5.78 Å². The Morgan fingerprint density at radius 2 is 1.76 bits per heavy atom.